The summed E-state index contributed by atoms with van der Waals surface area (Å²) >= 11 is 0. The van der Waals surface area contributed by atoms with Crippen molar-refractivity contribution in [2.45, 2.75) is 19.8 Å². The van der Waals surface area contributed by atoms with Crippen molar-refractivity contribution in [2.75, 3.05) is 30.9 Å². The van der Waals surface area contributed by atoms with Gasteiger partial charge in [-0.1, -0.05) is 12.1 Å². The zero-order chi connectivity index (χ0) is 17.0. The van der Waals surface area contributed by atoms with Gasteiger partial charge in [-0.15, -0.1) is 0 Å². The van der Waals surface area contributed by atoms with Gasteiger partial charge in [0.05, 0.1) is 4.92 Å². The molecule has 23 heavy (non-hydrogen) atoms. The largest absolute Gasteiger partial charge is 0.378 e. The fraction of sp³-hybridized carbons (Fsp3) is 0.438. The lowest BCUT2D eigenvalue weighted by Crippen LogP contribution is -2.09. The molecule has 0 fully saturated rings. The topological polar surface area (TPSA) is 76.2 Å². The second kappa shape index (κ2) is 7.13. The molecule has 0 aliphatic heterocycles. The molecule has 7 heteroatoms. The minimum atomic E-state index is -0.384. The third-order valence-corrected chi connectivity index (χ3v) is 3.76. The summed E-state index contributed by atoms with van der Waals surface area (Å²) in [5, 5.41) is 18.3. The van der Waals surface area contributed by atoms with Crippen LogP contribution in [0.25, 0.3) is 0 Å². The van der Waals surface area contributed by atoms with Crippen molar-refractivity contribution in [3.8, 4) is 0 Å². The van der Waals surface area contributed by atoms with Gasteiger partial charge in [0.15, 0.2) is 0 Å². The van der Waals surface area contributed by atoms with Crippen LogP contribution < -0.4 is 10.2 Å². The van der Waals surface area contributed by atoms with Crippen LogP contribution in [0.4, 0.5) is 17.2 Å². The Morgan fingerprint density at radius 1 is 1.30 bits per heavy atom. The number of anilines is 2. The molecule has 1 aromatic carbocycles. The summed E-state index contributed by atoms with van der Waals surface area (Å²) in [6.07, 6.45) is 1.81. The van der Waals surface area contributed by atoms with Crippen LogP contribution in [0.1, 0.15) is 17.7 Å². The summed E-state index contributed by atoms with van der Waals surface area (Å²) in [5.74, 6) is 0.468. The summed E-state index contributed by atoms with van der Waals surface area (Å²) in [4.78, 5) is 12.8. The molecule has 0 bridgehead atoms. The number of hydrogen-bond donors (Lipinski definition) is 1. The van der Waals surface area contributed by atoms with E-state index in [0.717, 1.165) is 12.8 Å². The van der Waals surface area contributed by atoms with Crippen LogP contribution in [0.2, 0.25) is 0 Å². The normalized spacial score (nSPS) is 10.6. The SMILES string of the molecule is Cc1nn(C)c(NCCCc2ccc(N(C)C)cc2)c1[N+](=O)[O-]. The molecule has 2 aromatic rings. The highest BCUT2D eigenvalue weighted by Crippen LogP contribution is 2.27. The average Bonchev–Trinajstić information content (AvgIpc) is 2.78. The van der Waals surface area contributed by atoms with Gasteiger partial charge in [0, 0.05) is 33.4 Å². The van der Waals surface area contributed by atoms with Crippen LogP contribution >= 0.6 is 0 Å². The molecule has 1 heterocycles. The fourth-order valence-electron chi connectivity index (χ4n) is 2.52. The van der Waals surface area contributed by atoms with E-state index >= 15 is 0 Å². The third kappa shape index (κ3) is 4.00. The Balaban J connectivity index is 1.90. The number of benzene rings is 1. The van der Waals surface area contributed by atoms with E-state index in [4.69, 9.17) is 0 Å². The molecule has 0 amide bonds. The first-order chi connectivity index (χ1) is 10.9. The molecule has 0 aliphatic rings. The van der Waals surface area contributed by atoms with Gasteiger partial charge in [-0.2, -0.15) is 5.10 Å². The molecule has 0 saturated carbocycles. The molecule has 2 rings (SSSR count). The van der Waals surface area contributed by atoms with Crippen molar-refractivity contribution < 1.29 is 4.92 Å². The molecular weight excluding hydrogens is 294 g/mol. The van der Waals surface area contributed by atoms with E-state index in [1.54, 1.807) is 14.0 Å². The van der Waals surface area contributed by atoms with Gasteiger partial charge in [0.2, 0.25) is 5.82 Å². The Morgan fingerprint density at radius 2 is 1.96 bits per heavy atom. The molecule has 124 valence electrons. The summed E-state index contributed by atoms with van der Waals surface area (Å²) in [6.45, 7) is 2.31. The molecule has 0 atom stereocenters. The Kier molecular flexibility index (Phi) is 5.20. The highest BCUT2D eigenvalue weighted by molar-refractivity contribution is 5.59. The van der Waals surface area contributed by atoms with Crippen LogP contribution in [-0.2, 0) is 13.5 Å². The highest BCUT2D eigenvalue weighted by Gasteiger charge is 2.23. The quantitative estimate of drug-likeness (QED) is 0.483. The first-order valence-corrected chi connectivity index (χ1v) is 7.58. The summed E-state index contributed by atoms with van der Waals surface area (Å²) < 4.78 is 1.53. The lowest BCUT2D eigenvalue weighted by atomic mass is 10.1. The molecule has 1 N–H and O–H groups in total. The standard InChI is InChI=1S/C16H23N5O2/c1-12-15(21(22)23)16(20(4)18-12)17-11-5-6-13-7-9-14(10-8-13)19(2)3/h7-10,17H,5-6,11H2,1-4H3. The number of nitrogens with zero attached hydrogens (tertiary/aromatic N) is 4. The molecule has 0 aliphatic carbocycles. The number of nitrogens with one attached hydrogen (secondary N) is 1. The van der Waals surface area contributed by atoms with Crippen molar-refractivity contribution in [1.29, 1.82) is 0 Å². The second-order valence-electron chi connectivity index (χ2n) is 5.75. The van der Waals surface area contributed by atoms with Gasteiger partial charge >= 0.3 is 5.69 Å². The lowest BCUT2D eigenvalue weighted by molar-refractivity contribution is -0.384. The van der Waals surface area contributed by atoms with Crippen LogP contribution in [-0.4, -0.2) is 35.3 Å². The molecular formula is C16H23N5O2. The zero-order valence-electron chi connectivity index (χ0n) is 14.0. The molecule has 7 nitrogen and oxygen atoms in total. The van der Waals surface area contributed by atoms with E-state index in [0.29, 0.717) is 18.1 Å². The minimum absolute atomic E-state index is 0.0582. The van der Waals surface area contributed by atoms with Gasteiger partial charge in [0.1, 0.15) is 5.69 Å². The fourth-order valence-corrected chi connectivity index (χ4v) is 2.52. The van der Waals surface area contributed by atoms with Gasteiger partial charge < -0.3 is 10.2 Å². The van der Waals surface area contributed by atoms with Crippen LogP contribution in [0, 0.1) is 17.0 Å². The van der Waals surface area contributed by atoms with Crippen molar-refractivity contribution in [2.24, 2.45) is 7.05 Å². The Bertz CT molecular complexity index is 677. The second-order valence-corrected chi connectivity index (χ2v) is 5.75. The molecule has 0 unspecified atom stereocenters. The lowest BCUT2D eigenvalue weighted by Gasteiger charge is -2.12. The maximum absolute atomic E-state index is 11.1. The molecule has 0 spiro atoms. The Labute approximate surface area is 136 Å². The van der Waals surface area contributed by atoms with Crippen LogP contribution in [0.15, 0.2) is 24.3 Å². The van der Waals surface area contributed by atoms with E-state index in [-0.39, 0.29) is 10.6 Å². The monoisotopic (exact) mass is 317 g/mol. The van der Waals surface area contributed by atoms with E-state index in [2.05, 4.69) is 39.6 Å². The van der Waals surface area contributed by atoms with E-state index in [1.165, 1.54) is 15.9 Å². The zero-order valence-corrected chi connectivity index (χ0v) is 14.0. The van der Waals surface area contributed by atoms with Crippen LogP contribution in [0.3, 0.4) is 0 Å². The molecule has 1 aromatic heterocycles. The summed E-state index contributed by atoms with van der Waals surface area (Å²) in [5.41, 5.74) is 2.92. The number of aryl methyl sites for hydroxylation is 3. The maximum Gasteiger partial charge on any atom is 0.333 e. The Hall–Kier alpha value is -2.57. The minimum Gasteiger partial charge on any atom is -0.378 e. The summed E-state index contributed by atoms with van der Waals surface area (Å²) in [6, 6.07) is 8.42. The van der Waals surface area contributed by atoms with Gasteiger partial charge in [-0.25, -0.2) is 4.68 Å². The predicted octanol–water partition coefficient (Wildman–Crippen LogP) is 2.75. The third-order valence-electron chi connectivity index (χ3n) is 3.76. The summed E-state index contributed by atoms with van der Waals surface area (Å²) in [7, 11) is 5.74. The van der Waals surface area contributed by atoms with Crippen molar-refractivity contribution in [1.82, 2.24) is 9.78 Å². The van der Waals surface area contributed by atoms with Gasteiger partial charge in [-0.3, -0.25) is 10.1 Å². The molecule has 0 radical (unpaired) electrons. The van der Waals surface area contributed by atoms with Crippen molar-refractivity contribution in [3.05, 3.63) is 45.6 Å². The van der Waals surface area contributed by atoms with Crippen LogP contribution in [0.5, 0.6) is 0 Å². The maximum atomic E-state index is 11.1. The first kappa shape index (κ1) is 16.8. The van der Waals surface area contributed by atoms with Gasteiger partial charge in [-0.05, 0) is 37.5 Å². The van der Waals surface area contributed by atoms with Gasteiger partial charge in [0.25, 0.3) is 0 Å². The average molecular weight is 317 g/mol. The van der Waals surface area contributed by atoms with E-state index < -0.39 is 0 Å². The number of rotatable bonds is 7. The van der Waals surface area contributed by atoms with E-state index in [9.17, 15) is 10.1 Å². The Morgan fingerprint density at radius 3 is 2.52 bits per heavy atom. The predicted molar refractivity (Wildman–Crippen MR) is 92.2 cm³/mol. The van der Waals surface area contributed by atoms with Crippen molar-refractivity contribution in [3.63, 3.8) is 0 Å². The van der Waals surface area contributed by atoms with E-state index in [1.807, 2.05) is 14.1 Å². The highest BCUT2D eigenvalue weighted by atomic mass is 16.6. The number of nitro groups is 1. The smallest absolute Gasteiger partial charge is 0.333 e. The number of hydrogen-bond acceptors (Lipinski definition) is 5. The first-order valence-electron chi connectivity index (χ1n) is 7.58. The number of aromatic nitrogens is 2. The van der Waals surface area contributed by atoms with Crippen molar-refractivity contribution >= 4 is 17.2 Å². The molecule has 0 saturated heterocycles.